The number of amides is 2. The maximum atomic E-state index is 13.1. The van der Waals surface area contributed by atoms with Crippen LogP contribution in [0.25, 0.3) is 0 Å². The monoisotopic (exact) mass is 386 g/mol. The van der Waals surface area contributed by atoms with Crippen molar-refractivity contribution >= 4 is 12.2 Å². The summed E-state index contributed by atoms with van der Waals surface area (Å²) >= 11 is 0. The molecule has 152 valence electrons. The fourth-order valence-electron chi connectivity index (χ4n) is 3.58. The van der Waals surface area contributed by atoms with E-state index in [1.807, 2.05) is 78.0 Å². The number of carbonyl (C=O) groups is 2. The Balaban J connectivity index is 2.00. The smallest absolute Gasteiger partial charge is 0.414 e. The minimum atomic E-state index is -0.608. The zero-order valence-corrected chi connectivity index (χ0v) is 17.5. The first-order chi connectivity index (χ1) is 13.0. The normalized spacial score (nSPS) is 28.6. The Morgan fingerprint density at radius 1 is 0.714 bits per heavy atom. The van der Waals surface area contributed by atoms with Crippen LogP contribution in [0.1, 0.15) is 41.5 Å². The van der Waals surface area contributed by atoms with Crippen molar-refractivity contribution in [3.8, 4) is 0 Å². The molecule has 3 rings (SSSR count). The highest BCUT2D eigenvalue weighted by atomic mass is 16.6. The van der Waals surface area contributed by atoms with Gasteiger partial charge in [0.05, 0.1) is 18.1 Å². The molecule has 3 aliphatic heterocycles. The lowest BCUT2D eigenvalue weighted by Crippen LogP contribution is -2.57. The second-order valence-corrected chi connectivity index (χ2v) is 9.32. The molecule has 28 heavy (non-hydrogen) atoms. The SMILES string of the molecule is CC(C)(C)OC(=O)N1C=C[C@@H]2C=C[C@@H]1[C@@H]1C=CC=C[C@@H]2N1C(=O)OC(C)(C)C. The Morgan fingerprint density at radius 2 is 1.29 bits per heavy atom. The van der Waals surface area contributed by atoms with Crippen molar-refractivity contribution in [2.24, 2.45) is 5.92 Å². The minimum Gasteiger partial charge on any atom is -0.444 e. The van der Waals surface area contributed by atoms with Crippen LogP contribution in [0.15, 0.2) is 48.7 Å². The molecule has 0 saturated carbocycles. The van der Waals surface area contributed by atoms with Crippen molar-refractivity contribution in [2.45, 2.75) is 70.9 Å². The average molecular weight is 386 g/mol. The van der Waals surface area contributed by atoms with Gasteiger partial charge in [-0.25, -0.2) is 9.59 Å². The van der Waals surface area contributed by atoms with Crippen molar-refractivity contribution in [1.29, 1.82) is 0 Å². The third-order valence-electron chi connectivity index (χ3n) is 4.64. The number of hydrogen-bond acceptors (Lipinski definition) is 4. The molecule has 0 saturated heterocycles. The molecule has 6 nitrogen and oxygen atoms in total. The second kappa shape index (κ2) is 7.15. The molecule has 0 radical (unpaired) electrons. The van der Waals surface area contributed by atoms with E-state index >= 15 is 0 Å². The van der Waals surface area contributed by atoms with E-state index in [9.17, 15) is 9.59 Å². The number of fused-ring (bicyclic) bond motifs is 6. The van der Waals surface area contributed by atoms with Gasteiger partial charge in [-0.15, -0.1) is 0 Å². The highest BCUT2D eigenvalue weighted by molar-refractivity contribution is 5.73. The quantitative estimate of drug-likeness (QED) is 0.579. The van der Waals surface area contributed by atoms with E-state index in [4.69, 9.17) is 9.47 Å². The van der Waals surface area contributed by atoms with E-state index < -0.39 is 23.4 Å². The summed E-state index contributed by atoms with van der Waals surface area (Å²) in [5.74, 6) is -0.0661. The van der Waals surface area contributed by atoms with Crippen LogP contribution < -0.4 is 0 Å². The first kappa shape index (κ1) is 20.2. The number of carbonyl (C=O) groups excluding carboxylic acids is 2. The zero-order chi connectivity index (χ0) is 20.7. The molecule has 0 spiro atoms. The lowest BCUT2D eigenvalue weighted by Gasteiger charge is -2.42. The van der Waals surface area contributed by atoms with Crippen LogP contribution in [0.3, 0.4) is 0 Å². The van der Waals surface area contributed by atoms with Gasteiger partial charge < -0.3 is 9.47 Å². The van der Waals surface area contributed by atoms with Crippen molar-refractivity contribution in [1.82, 2.24) is 9.80 Å². The van der Waals surface area contributed by atoms with Gasteiger partial charge in [-0.3, -0.25) is 9.80 Å². The van der Waals surface area contributed by atoms with Crippen LogP contribution in [-0.2, 0) is 9.47 Å². The Labute approximate surface area is 167 Å². The van der Waals surface area contributed by atoms with Crippen LogP contribution in [0, 0.1) is 5.92 Å². The van der Waals surface area contributed by atoms with E-state index in [0.717, 1.165) is 0 Å². The summed E-state index contributed by atoms with van der Waals surface area (Å²) in [6.45, 7) is 11.1. The van der Waals surface area contributed by atoms with E-state index in [-0.39, 0.29) is 24.0 Å². The molecular formula is C22H30N2O4. The van der Waals surface area contributed by atoms with Crippen molar-refractivity contribution in [3.63, 3.8) is 0 Å². The standard InChI is InChI=1S/C22H30N2O4/c1-21(2,3)27-19(25)23-14-13-15-11-12-17(23)18-10-8-7-9-16(15)24(18)20(26)28-22(4,5)6/h7-18H,1-6H3/t15-,16-,17+,18-/m0/s1. The third kappa shape index (κ3) is 4.32. The molecule has 0 fully saturated rings. The largest absolute Gasteiger partial charge is 0.444 e. The van der Waals surface area contributed by atoms with Crippen LogP contribution in [0.2, 0.25) is 0 Å². The molecular weight excluding hydrogens is 356 g/mol. The molecule has 0 aliphatic carbocycles. The number of ether oxygens (including phenoxy) is 2. The van der Waals surface area contributed by atoms with E-state index in [0.29, 0.717) is 0 Å². The summed E-state index contributed by atoms with van der Waals surface area (Å²) in [4.78, 5) is 29.3. The molecule has 3 aliphatic rings. The van der Waals surface area contributed by atoms with Gasteiger partial charge in [0, 0.05) is 12.1 Å². The Kier molecular flexibility index (Phi) is 5.17. The number of rotatable bonds is 0. The Morgan fingerprint density at radius 3 is 1.89 bits per heavy atom. The Hall–Kier alpha value is -2.50. The summed E-state index contributed by atoms with van der Waals surface area (Å²) in [6.07, 6.45) is 14.7. The van der Waals surface area contributed by atoms with Crippen molar-refractivity contribution in [2.75, 3.05) is 0 Å². The van der Waals surface area contributed by atoms with Gasteiger partial charge in [-0.2, -0.15) is 0 Å². The van der Waals surface area contributed by atoms with Crippen LogP contribution >= 0.6 is 0 Å². The van der Waals surface area contributed by atoms with E-state index in [1.165, 1.54) is 0 Å². The van der Waals surface area contributed by atoms with Crippen molar-refractivity contribution in [3.05, 3.63) is 48.7 Å². The van der Waals surface area contributed by atoms with Gasteiger partial charge >= 0.3 is 12.2 Å². The summed E-state index contributed by atoms with van der Waals surface area (Å²) in [7, 11) is 0. The van der Waals surface area contributed by atoms with Gasteiger partial charge in [-0.05, 0) is 41.5 Å². The Bertz CT molecular complexity index is 751. The fourth-order valence-corrected chi connectivity index (χ4v) is 3.58. The maximum absolute atomic E-state index is 13.1. The van der Waals surface area contributed by atoms with Gasteiger partial charge in [0.1, 0.15) is 11.2 Å². The number of nitrogens with zero attached hydrogens (tertiary/aromatic N) is 2. The van der Waals surface area contributed by atoms with E-state index in [2.05, 4.69) is 6.08 Å². The molecule has 4 bridgehead atoms. The molecule has 0 unspecified atom stereocenters. The lowest BCUT2D eigenvalue weighted by atomic mass is 9.97. The predicted molar refractivity (Wildman–Crippen MR) is 108 cm³/mol. The molecule has 0 N–H and O–H groups in total. The number of allylic oxidation sites excluding steroid dienone is 2. The highest BCUT2D eigenvalue weighted by Crippen LogP contribution is 2.34. The summed E-state index contributed by atoms with van der Waals surface area (Å²) in [5.41, 5.74) is -1.22. The van der Waals surface area contributed by atoms with Crippen LogP contribution in [0.5, 0.6) is 0 Å². The fraction of sp³-hybridized carbons (Fsp3) is 0.545. The van der Waals surface area contributed by atoms with Gasteiger partial charge in [0.2, 0.25) is 0 Å². The molecule has 6 heteroatoms. The second-order valence-electron chi connectivity index (χ2n) is 9.32. The van der Waals surface area contributed by atoms with Crippen LogP contribution in [-0.4, -0.2) is 51.3 Å². The van der Waals surface area contributed by atoms with Crippen molar-refractivity contribution < 1.29 is 19.1 Å². The highest BCUT2D eigenvalue weighted by Gasteiger charge is 2.44. The number of hydrogen-bond donors (Lipinski definition) is 0. The molecule has 3 heterocycles. The molecule has 0 aromatic carbocycles. The van der Waals surface area contributed by atoms with Crippen LogP contribution in [0.4, 0.5) is 9.59 Å². The molecule has 4 atom stereocenters. The minimum absolute atomic E-state index is 0.0661. The summed E-state index contributed by atoms with van der Waals surface area (Å²) < 4.78 is 11.3. The summed E-state index contributed by atoms with van der Waals surface area (Å²) in [6, 6.07) is -0.938. The average Bonchev–Trinajstić information content (AvgIpc) is 2.93. The lowest BCUT2D eigenvalue weighted by molar-refractivity contribution is -0.000598. The van der Waals surface area contributed by atoms with Gasteiger partial charge in [0.25, 0.3) is 0 Å². The summed E-state index contributed by atoms with van der Waals surface area (Å²) in [5, 5.41) is 0. The molecule has 0 aromatic rings. The topological polar surface area (TPSA) is 59.1 Å². The maximum Gasteiger partial charge on any atom is 0.414 e. The third-order valence-corrected chi connectivity index (χ3v) is 4.64. The first-order valence-electron chi connectivity index (χ1n) is 9.70. The van der Waals surface area contributed by atoms with Gasteiger partial charge in [0.15, 0.2) is 0 Å². The van der Waals surface area contributed by atoms with E-state index in [1.54, 1.807) is 16.0 Å². The molecule has 2 amide bonds. The zero-order valence-electron chi connectivity index (χ0n) is 17.5. The van der Waals surface area contributed by atoms with Gasteiger partial charge in [-0.1, -0.05) is 42.5 Å². The predicted octanol–water partition coefficient (Wildman–Crippen LogP) is 4.41. The first-order valence-corrected chi connectivity index (χ1v) is 9.70. The molecule has 0 aromatic heterocycles.